The number of aryl methyl sites for hydroxylation is 1. The Morgan fingerprint density at radius 2 is 2.28 bits per heavy atom. The number of aromatic nitrogens is 5. The van der Waals surface area contributed by atoms with Crippen LogP contribution in [0.25, 0.3) is 16.6 Å². The Hall–Kier alpha value is -2.06. The van der Waals surface area contributed by atoms with Crippen LogP contribution in [0.4, 0.5) is 0 Å². The maximum Gasteiger partial charge on any atom is 0.234 e. The molecule has 0 unspecified atom stereocenters. The lowest BCUT2D eigenvalue weighted by Crippen LogP contribution is -2.01. The van der Waals surface area contributed by atoms with Crippen LogP contribution in [0.15, 0.2) is 22.8 Å². The van der Waals surface area contributed by atoms with Crippen molar-refractivity contribution in [1.82, 2.24) is 25.2 Å². The molecule has 0 atom stereocenters. The highest BCUT2D eigenvalue weighted by molar-refractivity contribution is 7.13. The Kier molecular flexibility index (Phi) is 2.65. The molecular formula is C10H10N6OS. The SMILES string of the molecule is Cc1nnc(-n2nnc(CN)c2-c2ccco2)s1. The van der Waals surface area contributed by atoms with Gasteiger partial charge >= 0.3 is 0 Å². The summed E-state index contributed by atoms with van der Waals surface area (Å²) in [5.41, 5.74) is 7.05. The summed E-state index contributed by atoms with van der Waals surface area (Å²) in [5.74, 6) is 0.660. The van der Waals surface area contributed by atoms with Crippen LogP contribution in [0.2, 0.25) is 0 Å². The lowest BCUT2D eigenvalue weighted by atomic mass is 10.2. The van der Waals surface area contributed by atoms with Crippen molar-refractivity contribution in [2.45, 2.75) is 13.5 Å². The maximum atomic E-state index is 5.66. The molecule has 3 aromatic rings. The van der Waals surface area contributed by atoms with Crippen LogP contribution in [0, 0.1) is 6.92 Å². The van der Waals surface area contributed by atoms with Crippen molar-refractivity contribution in [3.63, 3.8) is 0 Å². The topological polar surface area (TPSA) is 95.7 Å². The Balaban J connectivity index is 2.19. The van der Waals surface area contributed by atoms with Gasteiger partial charge in [-0.3, -0.25) is 0 Å². The van der Waals surface area contributed by atoms with E-state index in [2.05, 4.69) is 20.5 Å². The molecule has 92 valence electrons. The van der Waals surface area contributed by atoms with Crippen molar-refractivity contribution in [1.29, 1.82) is 0 Å². The van der Waals surface area contributed by atoms with E-state index in [0.717, 1.165) is 10.7 Å². The van der Waals surface area contributed by atoms with Crippen molar-refractivity contribution in [3.05, 3.63) is 29.1 Å². The first kappa shape index (κ1) is 11.1. The summed E-state index contributed by atoms with van der Waals surface area (Å²) < 4.78 is 6.99. The molecule has 0 saturated carbocycles. The van der Waals surface area contributed by atoms with E-state index in [1.54, 1.807) is 17.0 Å². The molecule has 0 bridgehead atoms. The molecule has 7 nitrogen and oxygen atoms in total. The second-order valence-corrected chi connectivity index (χ2v) is 4.74. The van der Waals surface area contributed by atoms with Crippen LogP contribution < -0.4 is 5.73 Å². The summed E-state index contributed by atoms with van der Waals surface area (Å²) in [7, 11) is 0. The molecule has 3 heterocycles. The van der Waals surface area contributed by atoms with E-state index >= 15 is 0 Å². The van der Waals surface area contributed by atoms with Gasteiger partial charge in [-0.05, 0) is 19.1 Å². The molecule has 2 N–H and O–H groups in total. The number of hydrogen-bond donors (Lipinski definition) is 1. The second kappa shape index (κ2) is 4.31. The lowest BCUT2D eigenvalue weighted by Gasteiger charge is -2.00. The summed E-state index contributed by atoms with van der Waals surface area (Å²) in [6.07, 6.45) is 1.60. The number of hydrogen-bond acceptors (Lipinski definition) is 7. The molecule has 3 rings (SSSR count). The number of furan rings is 1. The minimum Gasteiger partial charge on any atom is -0.463 e. The van der Waals surface area contributed by atoms with Gasteiger partial charge in [0.15, 0.2) is 5.76 Å². The van der Waals surface area contributed by atoms with E-state index in [1.165, 1.54) is 11.3 Å². The minimum absolute atomic E-state index is 0.286. The van der Waals surface area contributed by atoms with Gasteiger partial charge in [0, 0.05) is 6.54 Å². The number of rotatable bonds is 3. The summed E-state index contributed by atoms with van der Waals surface area (Å²) in [5, 5.41) is 17.6. The molecule has 0 aliphatic carbocycles. The zero-order chi connectivity index (χ0) is 12.5. The van der Waals surface area contributed by atoms with Crippen LogP contribution in [0.1, 0.15) is 10.7 Å². The van der Waals surface area contributed by atoms with Crippen LogP contribution in [0.5, 0.6) is 0 Å². The Labute approximate surface area is 106 Å². The Bertz CT molecular complexity index is 656. The van der Waals surface area contributed by atoms with Gasteiger partial charge in [-0.2, -0.15) is 4.68 Å². The van der Waals surface area contributed by atoms with Gasteiger partial charge in [0.05, 0.1) is 6.26 Å². The minimum atomic E-state index is 0.286. The van der Waals surface area contributed by atoms with E-state index < -0.39 is 0 Å². The first-order chi connectivity index (χ1) is 8.79. The van der Waals surface area contributed by atoms with Crippen molar-refractivity contribution < 1.29 is 4.42 Å². The van der Waals surface area contributed by atoms with Gasteiger partial charge in [-0.15, -0.1) is 15.3 Å². The molecule has 0 aliphatic heterocycles. The largest absolute Gasteiger partial charge is 0.463 e. The van der Waals surface area contributed by atoms with Gasteiger partial charge in [0.25, 0.3) is 0 Å². The van der Waals surface area contributed by atoms with Crippen molar-refractivity contribution in [2.24, 2.45) is 5.73 Å². The average molecular weight is 262 g/mol. The van der Waals surface area contributed by atoms with Crippen molar-refractivity contribution in [2.75, 3.05) is 0 Å². The molecule has 0 radical (unpaired) electrons. The zero-order valence-electron chi connectivity index (χ0n) is 9.57. The van der Waals surface area contributed by atoms with E-state index in [4.69, 9.17) is 10.2 Å². The van der Waals surface area contributed by atoms with Crippen molar-refractivity contribution in [3.8, 4) is 16.6 Å². The smallest absolute Gasteiger partial charge is 0.234 e. The fraction of sp³-hybridized carbons (Fsp3) is 0.200. The van der Waals surface area contributed by atoms with Gasteiger partial charge in [-0.25, -0.2) is 0 Å². The highest BCUT2D eigenvalue weighted by Gasteiger charge is 2.19. The van der Waals surface area contributed by atoms with E-state index in [-0.39, 0.29) is 6.54 Å². The molecule has 18 heavy (non-hydrogen) atoms. The first-order valence-corrected chi connectivity index (χ1v) is 6.10. The molecule has 0 fully saturated rings. The molecule has 0 saturated heterocycles. The normalized spacial score (nSPS) is 11.0. The molecule has 0 spiro atoms. The third-order valence-corrected chi connectivity index (χ3v) is 3.20. The fourth-order valence-electron chi connectivity index (χ4n) is 1.62. The van der Waals surface area contributed by atoms with Crippen LogP contribution in [-0.4, -0.2) is 25.2 Å². The summed E-state index contributed by atoms with van der Waals surface area (Å²) in [6.45, 7) is 2.17. The zero-order valence-corrected chi connectivity index (χ0v) is 10.4. The van der Waals surface area contributed by atoms with Gasteiger partial charge in [-0.1, -0.05) is 16.6 Å². The van der Waals surface area contributed by atoms with Crippen LogP contribution in [-0.2, 0) is 6.54 Å². The molecule has 8 heteroatoms. The predicted octanol–water partition coefficient (Wildman–Crippen LogP) is 1.15. The van der Waals surface area contributed by atoms with E-state index in [1.807, 2.05) is 13.0 Å². The molecule has 0 aliphatic rings. The van der Waals surface area contributed by atoms with Gasteiger partial charge in [0.2, 0.25) is 5.13 Å². The lowest BCUT2D eigenvalue weighted by molar-refractivity contribution is 0.575. The average Bonchev–Trinajstić information content (AvgIpc) is 3.07. The highest BCUT2D eigenvalue weighted by atomic mass is 32.1. The third-order valence-electron chi connectivity index (χ3n) is 2.38. The van der Waals surface area contributed by atoms with Crippen LogP contribution >= 0.6 is 11.3 Å². The third kappa shape index (κ3) is 1.71. The van der Waals surface area contributed by atoms with Gasteiger partial charge < -0.3 is 10.2 Å². The maximum absolute atomic E-state index is 5.66. The Morgan fingerprint density at radius 1 is 1.39 bits per heavy atom. The Morgan fingerprint density at radius 3 is 2.89 bits per heavy atom. The summed E-state index contributed by atoms with van der Waals surface area (Å²) >= 11 is 1.43. The number of nitrogens with zero attached hydrogens (tertiary/aromatic N) is 5. The quantitative estimate of drug-likeness (QED) is 0.760. The molecule has 3 aromatic heterocycles. The highest BCUT2D eigenvalue weighted by Crippen LogP contribution is 2.26. The van der Waals surface area contributed by atoms with Crippen LogP contribution in [0.3, 0.4) is 0 Å². The molecule has 0 amide bonds. The number of nitrogens with two attached hydrogens (primary N) is 1. The van der Waals surface area contributed by atoms with Gasteiger partial charge in [0.1, 0.15) is 16.4 Å². The predicted molar refractivity (Wildman–Crippen MR) is 65.2 cm³/mol. The van der Waals surface area contributed by atoms with E-state index in [9.17, 15) is 0 Å². The molecular weight excluding hydrogens is 252 g/mol. The second-order valence-electron chi connectivity index (χ2n) is 3.58. The molecule has 0 aromatic carbocycles. The fourth-order valence-corrected chi connectivity index (χ4v) is 2.26. The summed E-state index contributed by atoms with van der Waals surface area (Å²) in [6, 6.07) is 3.64. The van der Waals surface area contributed by atoms with Crippen molar-refractivity contribution >= 4 is 11.3 Å². The first-order valence-electron chi connectivity index (χ1n) is 5.28. The summed E-state index contributed by atoms with van der Waals surface area (Å²) in [4.78, 5) is 0. The standard InChI is InChI=1S/C10H10N6OS/c1-6-12-14-10(18-6)16-9(7(5-11)13-15-16)8-3-2-4-17-8/h2-4H,5,11H2,1H3. The van der Waals surface area contributed by atoms with E-state index in [0.29, 0.717) is 16.6 Å². The monoisotopic (exact) mass is 262 g/mol.